The first-order chi connectivity index (χ1) is 15.1. The topological polar surface area (TPSA) is 62.2 Å². The van der Waals surface area contributed by atoms with E-state index in [0.29, 0.717) is 21.4 Å². The minimum Gasteiger partial charge on any atom is -0.306 e. The van der Waals surface area contributed by atoms with Crippen molar-refractivity contribution in [2.24, 2.45) is 0 Å². The van der Waals surface area contributed by atoms with Crippen LogP contribution in [0.2, 0.25) is 10.0 Å². The van der Waals surface area contributed by atoms with Crippen LogP contribution in [-0.2, 0) is 18.5 Å². The normalized spacial score (nSPS) is 14.2. The molecule has 0 bridgehead atoms. The predicted octanol–water partition coefficient (Wildman–Crippen LogP) is 6.24. The highest BCUT2D eigenvalue weighted by molar-refractivity contribution is 6.44. The number of aromatic nitrogens is 2. The van der Waals surface area contributed by atoms with E-state index in [9.17, 15) is 4.79 Å². The molecule has 1 aromatic heterocycles. The van der Waals surface area contributed by atoms with Gasteiger partial charge in [-0.2, -0.15) is 5.10 Å². The van der Waals surface area contributed by atoms with E-state index in [1.807, 2.05) is 10.9 Å². The molecule has 2 aromatic carbocycles. The molecule has 32 heavy (non-hydrogen) atoms. The van der Waals surface area contributed by atoms with E-state index in [4.69, 9.17) is 28.3 Å². The molecule has 3 aromatic rings. The summed E-state index contributed by atoms with van der Waals surface area (Å²) in [5.74, 6) is 0. The molecule has 168 valence electrons. The van der Waals surface area contributed by atoms with Crippen LogP contribution in [0, 0.1) is 0 Å². The third kappa shape index (κ3) is 4.77. The lowest BCUT2D eigenvalue weighted by molar-refractivity contribution is 0.262. The summed E-state index contributed by atoms with van der Waals surface area (Å²) in [4.78, 5) is 15.1. The SMILES string of the molecule is CN1CCc2cc(-c3nn(C(C)(C)C)cc3NC(=O)Nc3cccc(Cl)c3Cl)ccc2C1. The second-order valence-electron chi connectivity index (χ2n) is 9.16. The Morgan fingerprint density at radius 3 is 2.56 bits per heavy atom. The van der Waals surface area contributed by atoms with Gasteiger partial charge in [-0.25, -0.2) is 4.79 Å². The first-order valence-electron chi connectivity index (χ1n) is 10.5. The molecule has 1 aliphatic rings. The maximum Gasteiger partial charge on any atom is 0.323 e. The van der Waals surface area contributed by atoms with Crippen molar-refractivity contribution in [1.82, 2.24) is 14.7 Å². The molecule has 0 aliphatic carbocycles. The first kappa shape index (κ1) is 22.6. The summed E-state index contributed by atoms with van der Waals surface area (Å²) in [6.07, 6.45) is 2.86. The highest BCUT2D eigenvalue weighted by atomic mass is 35.5. The van der Waals surface area contributed by atoms with E-state index in [-0.39, 0.29) is 5.54 Å². The van der Waals surface area contributed by atoms with Crippen LogP contribution in [0.4, 0.5) is 16.2 Å². The molecule has 0 radical (unpaired) electrons. The Labute approximate surface area is 198 Å². The van der Waals surface area contributed by atoms with Crippen LogP contribution >= 0.6 is 23.2 Å². The molecule has 2 amide bonds. The number of urea groups is 1. The van der Waals surface area contributed by atoms with Gasteiger partial charge in [-0.15, -0.1) is 0 Å². The third-order valence-electron chi connectivity index (χ3n) is 5.53. The summed E-state index contributed by atoms with van der Waals surface area (Å²) in [5.41, 5.74) is 5.20. The van der Waals surface area contributed by atoms with Gasteiger partial charge in [0.05, 0.1) is 27.0 Å². The fourth-order valence-electron chi connectivity index (χ4n) is 3.74. The van der Waals surface area contributed by atoms with Crippen LogP contribution < -0.4 is 10.6 Å². The van der Waals surface area contributed by atoms with Crippen LogP contribution in [0.15, 0.2) is 42.6 Å². The number of fused-ring (bicyclic) bond motifs is 1. The lowest BCUT2D eigenvalue weighted by atomic mass is 9.96. The van der Waals surface area contributed by atoms with Crippen molar-refractivity contribution >= 4 is 40.6 Å². The van der Waals surface area contributed by atoms with Gasteiger partial charge in [0.25, 0.3) is 0 Å². The summed E-state index contributed by atoms with van der Waals surface area (Å²) in [6, 6.07) is 11.1. The van der Waals surface area contributed by atoms with Gasteiger partial charge in [-0.3, -0.25) is 4.68 Å². The Kier molecular flexibility index (Phi) is 6.21. The van der Waals surface area contributed by atoms with Crippen molar-refractivity contribution in [3.63, 3.8) is 0 Å². The quantitative estimate of drug-likeness (QED) is 0.474. The Hall–Kier alpha value is -2.54. The number of anilines is 2. The fourth-order valence-corrected chi connectivity index (χ4v) is 4.09. The second kappa shape index (κ2) is 8.77. The summed E-state index contributed by atoms with van der Waals surface area (Å²) in [6.45, 7) is 8.19. The minimum absolute atomic E-state index is 0.238. The van der Waals surface area contributed by atoms with Gasteiger partial charge in [0.2, 0.25) is 0 Å². The molecule has 0 saturated heterocycles. The molecule has 0 fully saturated rings. The van der Waals surface area contributed by atoms with Crippen molar-refractivity contribution in [2.45, 2.75) is 39.3 Å². The molecule has 0 atom stereocenters. The largest absolute Gasteiger partial charge is 0.323 e. The summed E-state index contributed by atoms with van der Waals surface area (Å²) < 4.78 is 1.87. The van der Waals surface area contributed by atoms with E-state index in [2.05, 4.69) is 61.6 Å². The Morgan fingerprint density at radius 1 is 1.06 bits per heavy atom. The lowest BCUT2D eigenvalue weighted by Gasteiger charge is -2.25. The van der Waals surface area contributed by atoms with Crippen LogP contribution in [0.1, 0.15) is 31.9 Å². The molecule has 1 aliphatic heterocycles. The number of hydrogen-bond acceptors (Lipinski definition) is 3. The Morgan fingerprint density at radius 2 is 1.81 bits per heavy atom. The Balaban J connectivity index is 1.66. The average molecular weight is 472 g/mol. The van der Waals surface area contributed by atoms with Crippen LogP contribution in [0.3, 0.4) is 0 Å². The standard InChI is InChI=1S/C24H27Cl2N5O/c1-24(2,3)31-14-20(28-23(32)27-19-7-5-6-18(25)21(19)26)22(29-31)16-8-9-17-13-30(4)11-10-15(17)12-16/h5-9,12,14H,10-11,13H2,1-4H3,(H2,27,28,32). The Bertz CT molecular complexity index is 1170. The van der Waals surface area contributed by atoms with Crippen LogP contribution in [0.25, 0.3) is 11.3 Å². The van der Waals surface area contributed by atoms with Gasteiger partial charge in [-0.1, -0.05) is 41.4 Å². The van der Waals surface area contributed by atoms with Crippen molar-refractivity contribution < 1.29 is 4.79 Å². The number of halogens is 2. The lowest BCUT2D eigenvalue weighted by Crippen LogP contribution is -2.26. The second-order valence-corrected chi connectivity index (χ2v) is 9.94. The molecule has 4 rings (SSSR count). The molecular formula is C24H27Cl2N5O. The summed E-state index contributed by atoms with van der Waals surface area (Å²) in [7, 11) is 2.13. The van der Waals surface area contributed by atoms with Gasteiger partial charge in [0.1, 0.15) is 5.69 Å². The molecule has 2 heterocycles. The zero-order valence-electron chi connectivity index (χ0n) is 18.7. The summed E-state index contributed by atoms with van der Waals surface area (Å²) in [5, 5.41) is 11.2. The fraction of sp³-hybridized carbons (Fsp3) is 0.333. The van der Waals surface area contributed by atoms with Crippen molar-refractivity contribution in [1.29, 1.82) is 0 Å². The van der Waals surface area contributed by atoms with E-state index in [1.165, 1.54) is 11.1 Å². The number of amides is 2. The van der Waals surface area contributed by atoms with E-state index < -0.39 is 6.03 Å². The number of likely N-dealkylation sites (N-methyl/N-ethyl adjacent to an activating group) is 1. The monoisotopic (exact) mass is 471 g/mol. The van der Waals surface area contributed by atoms with Gasteiger partial charge in [-0.05, 0) is 63.6 Å². The number of hydrogen-bond donors (Lipinski definition) is 2. The molecule has 0 saturated carbocycles. The molecule has 0 unspecified atom stereocenters. The number of carbonyl (C=O) groups excluding carboxylic acids is 1. The number of nitrogens with one attached hydrogen (secondary N) is 2. The highest BCUT2D eigenvalue weighted by Gasteiger charge is 2.22. The van der Waals surface area contributed by atoms with E-state index >= 15 is 0 Å². The molecule has 0 spiro atoms. The number of rotatable bonds is 3. The van der Waals surface area contributed by atoms with Crippen LogP contribution in [-0.4, -0.2) is 34.3 Å². The molecular weight excluding hydrogens is 445 g/mol. The number of benzene rings is 2. The smallest absolute Gasteiger partial charge is 0.306 e. The number of nitrogens with zero attached hydrogens (tertiary/aromatic N) is 3. The maximum absolute atomic E-state index is 12.8. The zero-order valence-corrected chi connectivity index (χ0v) is 20.2. The average Bonchev–Trinajstić information content (AvgIpc) is 3.15. The van der Waals surface area contributed by atoms with Gasteiger partial charge < -0.3 is 15.5 Å². The van der Waals surface area contributed by atoms with Crippen LogP contribution in [0.5, 0.6) is 0 Å². The highest BCUT2D eigenvalue weighted by Crippen LogP contribution is 2.33. The van der Waals surface area contributed by atoms with Crippen molar-refractivity contribution in [3.8, 4) is 11.3 Å². The zero-order chi connectivity index (χ0) is 23.0. The number of carbonyl (C=O) groups is 1. The van der Waals surface area contributed by atoms with Gasteiger partial charge in [0.15, 0.2) is 0 Å². The maximum atomic E-state index is 12.8. The minimum atomic E-state index is -0.413. The van der Waals surface area contributed by atoms with Crippen molar-refractivity contribution in [2.75, 3.05) is 24.2 Å². The van der Waals surface area contributed by atoms with Crippen molar-refractivity contribution in [3.05, 3.63) is 63.8 Å². The molecule has 2 N–H and O–H groups in total. The van der Waals surface area contributed by atoms with E-state index in [0.717, 1.165) is 30.8 Å². The van der Waals surface area contributed by atoms with E-state index in [1.54, 1.807) is 18.2 Å². The predicted molar refractivity (Wildman–Crippen MR) is 132 cm³/mol. The third-order valence-corrected chi connectivity index (χ3v) is 6.35. The van der Waals surface area contributed by atoms with Gasteiger partial charge in [0, 0.05) is 24.8 Å². The molecule has 6 nitrogen and oxygen atoms in total. The molecule has 8 heteroatoms. The summed E-state index contributed by atoms with van der Waals surface area (Å²) >= 11 is 12.3. The first-order valence-corrected chi connectivity index (χ1v) is 11.3. The van der Waals surface area contributed by atoms with Gasteiger partial charge >= 0.3 is 6.03 Å².